The maximum atomic E-state index is 13.0. The first-order valence-electron chi connectivity index (χ1n) is 3.82. The molecule has 0 amide bonds. The van der Waals surface area contributed by atoms with E-state index in [0.717, 1.165) is 0 Å². The molecule has 0 saturated heterocycles. The zero-order chi connectivity index (χ0) is 10.1. The number of rotatable bonds is 1. The Morgan fingerprint density at radius 2 is 2.07 bits per heavy atom. The third-order valence-electron chi connectivity index (χ3n) is 1.73. The molecule has 0 radical (unpaired) electrons. The van der Waals surface area contributed by atoms with Crippen molar-refractivity contribution in [1.82, 2.24) is 10.1 Å². The first-order chi connectivity index (χ1) is 6.68. The fraction of sp³-hybridized carbons (Fsp3) is 0. The second-order valence-electron chi connectivity index (χ2n) is 2.66. The van der Waals surface area contributed by atoms with Crippen molar-refractivity contribution in [1.29, 1.82) is 0 Å². The number of hydrogen-bond donors (Lipinski definition) is 2. The summed E-state index contributed by atoms with van der Waals surface area (Å²) in [5.74, 6) is -0.428. The summed E-state index contributed by atoms with van der Waals surface area (Å²) in [6.45, 7) is 0. The maximum Gasteiger partial charge on any atom is 0.261 e. The lowest BCUT2D eigenvalue weighted by atomic mass is 10.2. The molecule has 1 aromatic carbocycles. The molecular formula is C8H7FN4O. The Kier molecular flexibility index (Phi) is 1.81. The molecule has 1 heterocycles. The molecular weight excluding hydrogens is 187 g/mol. The molecule has 14 heavy (non-hydrogen) atoms. The average Bonchev–Trinajstić information content (AvgIpc) is 2.57. The van der Waals surface area contributed by atoms with Crippen LogP contribution in [-0.4, -0.2) is 10.1 Å². The molecule has 0 fully saturated rings. The van der Waals surface area contributed by atoms with Gasteiger partial charge in [-0.2, -0.15) is 4.98 Å². The van der Waals surface area contributed by atoms with Crippen LogP contribution < -0.4 is 11.5 Å². The van der Waals surface area contributed by atoms with Gasteiger partial charge in [0.2, 0.25) is 0 Å². The molecule has 0 unspecified atom stereocenters. The van der Waals surface area contributed by atoms with Crippen molar-refractivity contribution in [2.24, 2.45) is 0 Å². The molecule has 6 heteroatoms. The minimum absolute atomic E-state index is 0.0105. The van der Waals surface area contributed by atoms with E-state index >= 15 is 0 Å². The molecule has 0 saturated carbocycles. The molecule has 1 aromatic heterocycles. The number of para-hydroxylation sites is 1. The third kappa shape index (κ3) is 1.26. The van der Waals surface area contributed by atoms with Crippen molar-refractivity contribution in [3.63, 3.8) is 0 Å². The van der Waals surface area contributed by atoms with Gasteiger partial charge in [-0.05, 0) is 17.3 Å². The molecule has 0 aliphatic heterocycles. The van der Waals surface area contributed by atoms with E-state index in [1.807, 2.05) is 0 Å². The largest absolute Gasteiger partial charge is 0.396 e. The summed E-state index contributed by atoms with van der Waals surface area (Å²) in [6, 6.07) is 4.32. The summed E-state index contributed by atoms with van der Waals surface area (Å²) in [7, 11) is 0. The Bertz CT molecular complexity index is 468. The van der Waals surface area contributed by atoms with Crippen LogP contribution in [0.25, 0.3) is 11.5 Å². The van der Waals surface area contributed by atoms with Gasteiger partial charge in [-0.3, -0.25) is 0 Å². The lowest BCUT2D eigenvalue weighted by Gasteiger charge is -2.00. The van der Waals surface area contributed by atoms with Crippen LogP contribution in [0, 0.1) is 5.82 Å². The molecule has 0 atom stereocenters. The van der Waals surface area contributed by atoms with Crippen LogP contribution in [0.4, 0.5) is 16.0 Å². The zero-order valence-corrected chi connectivity index (χ0v) is 7.07. The molecule has 72 valence electrons. The molecule has 0 bridgehead atoms. The minimum Gasteiger partial charge on any atom is -0.396 e. The van der Waals surface area contributed by atoms with E-state index in [-0.39, 0.29) is 17.5 Å². The number of nitrogens with zero attached hydrogens (tertiary/aromatic N) is 2. The summed E-state index contributed by atoms with van der Waals surface area (Å²) < 4.78 is 17.8. The Hall–Kier alpha value is -2.11. The highest BCUT2D eigenvalue weighted by Crippen LogP contribution is 2.26. The smallest absolute Gasteiger partial charge is 0.261 e. The standard InChI is InChI=1S/C8H7FN4O/c9-5-3-1-2-4(6(5)10)7-12-8(11)13-14-7/h1-3H,10H2,(H2,11,13). The van der Waals surface area contributed by atoms with Crippen molar-refractivity contribution in [3.8, 4) is 11.5 Å². The van der Waals surface area contributed by atoms with Gasteiger partial charge in [-0.15, -0.1) is 0 Å². The van der Waals surface area contributed by atoms with E-state index in [9.17, 15) is 4.39 Å². The number of nitrogen functional groups attached to an aromatic ring is 2. The Morgan fingerprint density at radius 1 is 1.29 bits per heavy atom. The van der Waals surface area contributed by atoms with Crippen LogP contribution >= 0.6 is 0 Å². The summed E-state index contributed by atoms with van der Waals surface area (Å²) in [6.07, 6.45) is 0. The summed E-state index contributed by atoms with van der Waals surface area (Å²) in [5.41, 5.74) is 11.0. The number of aromatic nitrogens is 2. The van der Waals surface area contributed by atoms with Gasteiger partial charge in [0.25, 0.3) is 11.8 Å². The van der Waals surface area contributed by atoms with Gasteiger partial charge in [0.15, 0.2) is 0 Å². The Labute approximate surface area is 78.5 Å². The fourth-order valence-electron chi connectivity index (χ4n) is 1.07. The molecule has 2 rings (SSSR count). The average molecular weight is 194 g/mol. The highest BCUT2D eigenvalue weighted by molar-refractivity contribution is 5.70. The number of hydrogen-bond acceptors (Lipinski definition) is 5. The minimum atomic E-state index is -0.528. The second kappa shape index (κ2) is 2.99. The van der Waals surface area contributed by atoms with Crippen LogP contribution in [0.1, 0.15) is 0 Å². The highest BCUT2D eigenvalue weighted by Gasteiger charge is 2.12. The Balaban J connectivity index is 2.57. The van der Waals surface area contributed by atoms with Crippen molar-refractivity contribution < 1.29 is 8.91 Å². The maximum absolute atomic E-state index is 13.0. The lowest BCUT2D eigenvalue weighted by Crippen LogP contribution is -1.94. The predicted molar refractivity (Wildman–Crippen MR) is 48.5 cm³/mol. The molecule has 0 aliphatic carbocycles. The third-order valence-corrected chi connectivity index (χ3v) is 1.73. The topological polar surface area (TPSA) is 91.0 Å². The monoisotopic (exact) mass is 194 g/mol. The summed E-state index contributed by atoms with van der Waals surface area (Å²) >= 11 is 0. The van der Waals surface area contributed by atoms with Gasteiger partial charge in [-0.1, -0.05) is 6.07 Å². The van der Waals surface area contributed by atoms with E-state index in [0.29, 0.717) is 5.56 Å². The van der Waals surface area contributed by atoms with Crippen molar-refractivity contribution >= 4 is 11.6 Å². The van der Waals surface area contributed by atoms with Gasteiger partial charge in [-0.25, -0.2) is 4.39 Å². The van der Waals surface area contributed by atoms with E-state index < -0.39 is 5.82 Å². The van der Waals surface area contributed by atoms with Crippen molar-refractivity contribution in [2.45, 2.75) is 0 Å². The van der Waals surface area contributed by atoms with Crippen LogP contribution in [-0.2, 0) is 0 Å². The van der Waals surface area contributed by atoms with Gasteiger partial charge < -0.3 is 16.0 Å². The van der Waals surface area contributed by atoms with Crippen LogP contribution in [0.15, 0.2) is 22.7 Å². The molecule has 0 spiro atoms. The summed E-state index contributed by atoms with van der Waals surface area (Å²) in [4.78, 5) is 3.74. The first kappa shape index (κ1) is 8.49. The van der Waals surface area contributed by atoms with Gasteiger partial charge in [0.05, 0.1) is 11.3 Å². The van der Waals surface area contributed by atoms with E-state index in [1.165, 1.54) is 12.1 Å². The predicted octanol–water partition coefficient (Wildman–Crippen LogP) is 1.04. The fourth-order valence-corrected chi connectivity index (χ4v) is 1.07. The number of nitrogens with two attached hydrogens (primary N) is 2. The number of halogens is 1. The van der Waals surface area contributed by atoms with Crippen LogP contribution in [0.3, 0.4) is 0 Å². The normalized spacial score (nSPS) is 10.4. The van der Waals surface area contributed by atoms with Crippen molar-refractivity contribution in [2.75, 3.05) is 11.5 Å². The van der Waals surface area contributed by atoms with Gasteiger partial charge >= 0.3 is 0 Å². The van der Waals surface area contributed by atoms with E-state index in [2.05, 4.69) is 10.1 Å². The lowest BCUT2D eigenvalue weighted by molar-refractivity contribution is 0.433. The summed E-state index contributed by atoms with van der Waals surface area (Å²) in [5, 5.41) is 3.38. The number of anilines is 2. The van der Waals surface area contributed by atoms with E-state index in [4.69, 9.17) is 16.0 Å². The SMILES string of the molecule is Nc1noc(-c2cccc(F)c2N)n1. The molecule has 4 N–H and O–H groups in total. The van der Waals surface area contributed by atoms with Crippen molar-refractivity contribution in [3.05, 3.63) is 24.0 Å². The molecule has 2 aromatic rings. The molecule has 5 nitrogen and oxygen atoms in total. The zero-order valence-electron chi connectivity index (χ0n) is 7.07. The quantitative estimate of drug-likeness (QED) is 0.662. The Morgan fingerprint density at radius 3 is 2.71 bits per heavy atom. The van der Waals surface area contributed by atoms with Gasteiger partial charge in [0.1, 0.15) is 5.82 Å². The van der Waals surface area contributed by atoms with Gasteiger partial charge in [0, 0.05) is 0 Å². The second-order valence-corrected chi connectivity index (χ2v) is 2.66. The number of benzene rings is 1. The highest BCUT2D eigenvalue weighted by atomic mass is 19.1. The van der Waals surface area contributed by atoms with Crippen LogP contribution in [0.5, 0.6) is 0 Å². The van der Waals surface area contributed by atoms with Crippen LogP contribution in [0.2, 0.25) is 0 Å². The molecule has 0 aliphatic rings. The first-order valence-corrected chi connectivity index (χ1v) is 3.82. The van der Waals surface area contributed by atoms with E-state index in [1.54, 1.807) is 6.07 Å².